The van der Waals surface area contributed by atoms with Crippen LogP contribution in [0.25, 0.3) is 0 Å². The molecule has 0 saturated carbocycles. The number of nitrogen functional groups attached to an aromatic ring is 1. The van der Waals surface area contributed by atoms with Crippen LogP contribution in [0.5, 0.6) is 0 Å². The second-order valence-corrected chi connectivity index (χ2v) is 4.42. The molecule has 0 unspecified atom stereocenters. The summed E-state index contributed by atoms with van der Waals surface area (Å²) >= 11 is 1.34. The van der Waals surface area contributed by atoms with Gasteiger partial charge in [-0.05, 0) is 23.9 Å². The van der Waals surface area contributed by atoms with Crippen molar-refractivity contribution in [1.82, 2.24) is 14.8 Å². The number of aryl methyl sites for hydroxylation is 1. The third-order valence-electron chi connectivity index (χ3n) is 2.20. The highest BCUT2D eigenvalue weighted by Gasteiger charge is 2.12. The van der Waals surface area contributed by atoms with Crippen molar-refractivity contribution in [3.63, 3.8) is 0 Å². The number of aromatic nitrogens is 3. The highest BCUT2D eigenvalue weighted by molar-refractivity contribution is 7.99. The van der Waals surface area contributed by atoms with Crippen LogP contribution in [0.3, 0.4) is 0 Å². The molecule has 1 aromatic carbocycles. The van der Waals surface area contributed by atoms with E-state index in [1.807, 2.05) is 7.05 Å². The van der Waals surface area contributed by atoms with Crippen LogP contribution in [0.1, 0.15) is 10.4 Å². The van der Waals surface area contributed by atoms with Gasteiger partial charge in [-0.1, -0.05) is 6.07 Å². The van der Waals surface area contributed by atoms with Crippen LogP contribution in [-0.2, 0) is 7.05 Å². The Hall–Kier alpha value is -2.02. The number of para-hydroxylation sites is 1. The minimum atomic E-state index is -0.539. The van der Waals surface area contributed by atoms with Crippen LogP contribution >= 0.6 is 11.8 Å². The number of hydrogen-bond donors (Lipinski definition) is 2. The summed E-state index contributed by atoms with van der Waals surface area (Å²) in [6.07, 6.45) is 1.59. The van der Waals surface area contributed by atoms with Crippen molar-refractivity contribution in [1.29, 1.82) is 0 Å². The van der Waals surface area contributed by atoms with Crippen molar-refractivity contribution in [2.24, 2.45) is 12.8 Å². The van der Waals surface area contributed by atoms with E-state index >= 15 is 0 Å². The van der Waals surface area contributed by atoms with E-state index in [1.165, 1.54) is 11.8 Å². The molecule has 2 rings (SSSR count). The van der Waals surface area contributed by atoms with Gasteiger partial charge in [-0.15, -0.1) is 10.2 Å². The zero-order valence-corrected chi connectivity index (χ0v) is 9.94. The van der Waals surface area contributed by atoms with Gasteiger partial charge in [0, 0.05) is 11.9 Å². The fourth-order valence-electron chi connectivity index (χ4n) is 1.31. The molecule has 0 aliphatic heterocycles. The first kappa shape index (κ1) is 11.5. The summed E-state index contributed by atoms with van der Waals surface area (Å²) in [4.78, 5) is 11.9. The average molecular weight is 249 g/mol. The molecule has 17 heavy (non-hydrogen) atoms. The topological polar surface area (TPSA) is 99.8 Å². The zero-order valence-electron chi connectivity index (χ0n) is 9.12. The maximum atomic E-state index is 11.1. The number of nitrogens with two attached hydrogens (primary N) is 2. The number of primary amides is 1. The number of rotatable bonds is 3. The molecule has 0 bridgehead atoms. The van der Waals surface area contributed by atoms with Crippen LogP contribution in [0.4, 0.5) is 5.69 Å². The SMILES string of the molecule is Cn1cnnc1Sc1cccc(C(N)=O)c1N. The molecule has 0 aliphatic carbocycles. The Bertz CT molecular complexity index is 566. The Kier molecular flexibility index (Phi) is 3.01. The first-order valence-electron chi connectivity index (χ1n) is 4.79. The van der Waals surface area contributed by atoms with Crippen LogP contribution < -0.4 is 11.5 Å². The molecule has 0 spiro atoms. The Balaban J connectivity index is 2.37. The van der Waals surface area contributed by atoms with Crippen LogP contribution in [-0.4, -0.2) is 20.7 Å². The van der Waals surface area contributed by atoms with E-state index in [-0.39, 0.29) is 0 Å². The first-order valence-corrected chi connectivity index (χ1v) is 5.61. The molecule has 0 saturated heterocycles. The Morgan fingerprint density at radius 1 is 1.47 bits per heavy atom. The van der Waals surface area contributed by atoms with Crippen molar-refractivity contribution < 1.29 is 4.79 Å². The summed E-state index contributed by atoms with van der Waals surface area (Å²) < 4.78 is 1.76. The molecular weight excluding hydrogens is 238 g/mol. The zero-order chi connectivity index (χ0) is 12.4. The summed E-state index contributed by atoms with van der Waals surface area (Å²) in [5.41, 5.74) is 11.8. The second-order valence-electron chi connectivity index (χ2n) is 3.41. The van der Waals surface area contributed by atoms with Gasteiger partial charge in [0.05, 0.1) is 11.3 Å². The van der Waals surface area contributed by atoms with Gasteiger partial charge in [0.15, 0.2) is 5.16 Å². The normalized spacial score (nSPS) is 10.4. The molecule has 0 aliphatic rings. The summed E-state index contributed by atoms with van der Waals surface area (Å²) in [6.45, 7) is 0. The predicted octanol–water partition coefficient (Wildman–Crippen LogP) is 0.647. The summed E-state index contributed by atoms with van der Waals surface area (Å²) in [7, 11) is 1.83. The van der Waals surface area contributed by atoms with Gasteiger partial charge < -0.3 is 16.0 Å². The number of nitrogens with zero attached hydrogens (tertiary/aromatic N) is 3. The van der Waals surface area contributed by atoms with Gasteiger partial charge in [0.1, 0.15) is 6.33 Å². The van der Waals surface area contributed by atoms with Crippen molar-refractivity contribution in [2.45, 2.75) is 10.1 Å². The molecule has 7 heteroatoms. The minimum Gasteiger partial charge on any atom is -0.397 e. The number of carbonyl (C=O) groups is 1. The lowest BCUT2D eigenvalue weighted by Gasteiger charge is -2.07. The predicted molar refractivity (Wildman–Crippen MR) is 64.5 cm³/mol. The van der Waals surface area contributed by atoms with Gasteiger partial charge in [-0.2, -0.15) is 0 Å². The Morgan fingerprint density at radius 3 is 2.82 bits per heavy atom. The van der Waals surface area contributed by atoms with Gasteiger partial charge >= 0.3 is 0 Å². The van der Waals surface area contributed by atoms with E-state index in [9.17, 15) is 4.79 Å². The van der Waals surface area contributed by atoms with Crippen LogP contribution in [0.2, 0.25) is 0 Å². The summed E-state index contributed by atoms with van der Waals surface area (Å²) in [5, 5.41) is 8.39. The number of anilines is 1. The minimum absolute atomic E-state index is 0.317. The van der Waals surface area contributed by atoms with Crippen LogP contribution in [0, 0.1) is 0 Å². The van der Waals surface area contributed by atoms with E-state index in [0.717, 1.165) is 4.90 Å². The molecule has 1 heterocycles. The molecule has 0 atom stereocenters. The van der Waals surface area contributed by atoms with E-state index in [1.54, 1.807) is 29.1 Å². The third kappa shape index (κ3) is 2.23. The van der Waals surface area contributed by atoms with Gasteiger partial charge in [0.25, 0.3) is 5.91 Å². The average Bonchev–Trinajstić information content (AvgIpc) is 2.67. The molecular formula is C10H11N5OS. The lowest BCUT2D eigenvalue weighted by atomic mass is 10.2. The Labute approximate surface area is 102 Å². The van der Waals surface area contributed by atoms with Crippen LogP contribution in [0.15, 0.2) is 34.6 Å². The van der Waals surface area contributed by atoms with E-state index in [4.69, 9.17) is 11.5 Å². The smallest absolute Gasteiger partial charge is 0.250 e. The van der Waals surface area contributed by atoms with Gasteiger partial charge in [0.2, 0.25) is 0 Å². The molecule has 1 amide bonds. The lowest BCUT2D eigenvalue weighted by molar-refractivity contribution is 0.100. The fourth-order valence-corrected chi connectivity index (χ4v) is 2.15. The van der Waals surface area contributed by atoms with Crippen molar-refractivity contribution >= 4 is 23.4 Å². The second kappa shape index (κ2) is 4.46. The van der Waals surface area contributed by atoms with Crippen molar-refractivity contribution in [3.8, 4) is 0 Å². The Morgan fingerprint density at radius 2 is 2.24 bits per heavy atom. The van der Waals surface area contributed by atoms with E-state index in [2.05, 4.69) is 10.2 Å². The largest absolute Gasteiger partial charge is 0.397 e. The standard InChI is InChI=1S/C10H11N5OS/c1-15-5-13-14-10(15)17-7-4-2-3-6(8(7)11)9(12)16/h2-5H,11H2,1H3,(H2,12,16). The number of carbonyl (C=O) groups excluding carboxylic acids is 1. The number of benzene rings is 1. The molecule has 6 nitrogen and oxygen atoms in total. The highest BCUT2D eigenvalue weighted by Crippen LogP contribution is 2.32. The van der Waals surface area contributed by atoms with Gasteiger partial charge in [-0.25, -0.2) is 0 Å². The molecule has 88 valence electrons. The summed E-state index contributed by atoms with van der Waals surface area (Å²) in [5.74, 6) is -0.539. The highest BCUT2D eigenvalue weighted by atomic mass is 32.2. The quantitative estimate of drug-likeness (QED) is 0.778. The maximum Gasteiger partial charge on any atom is 0.250 e. The monoisotopic (exact) mass is 249 g/mol. The van der Waals surface area contributed by atoms with E-state index in [0.29, 0.717) is 16.4 Å². The molecule has 0 fully saturated rings. The molecule has 1 aromatic heterocycles. The maximum absolute atomic E-state index is 11.1. The first-order chi connectivity index (χ1) is 8.09. The van der Waals surface area contributed by atoms with Crippen molar-refractivity contribution in [3.05, 3.63) is 30.1 Å². The summed E-state index contributed by atoms with van der Waals surface area (Å²) in [6, 6.07) is 5.13. The number of hydrogen-bond acceptors (Lipinski definition) is 5. The van der Waals surface area contributed by atoms with Crippen molar-refractivity contribution in [2.75, 3.05) is 5.73 Å². The lowest BCUT2D eigenvalue weighted by Crippen LogP contribution is -2.13. The molecule has 4 N–H and O–H groups in total. The van der Waals surface area contributed by atoms with Gasteiger partial charge in [-0.3, -0.25) is 4.79 Å². The fraction of sp³-hybridized carbons (Fsp3) is 0.100. The number of amides is 1. The third-order valence-corrected chi connectivity index (χ3v) is 3.33. The molecule has 2 aromatic rings. The molecule has 0 radical (unpaired) electrons. The van der Waals surface area contributed by atoms with E-state index < -0.39 is 5.91 Å².